The van der Waals surface area contributed by atoms with E-state index in [0.29, 0.717) is 5.58 Å². The van der Waals surface area contributed by atoms with Crippen LogP contribution in [0.25, 0.3) is 11.1 Å². The van der Waals surface area contributed by atoms with Crippen LogP contribution in [0.3, 0.4) is 0 Å². The quantitative estimate of drug-likeness (QED) is 0.315. The average Bonchev–Trinajstić information content (AvgIpc) is 2.92. The molecule has 0 aliphatic heterocycles. The lowest BCUT2D eigenvalue weighted by molar-refractivity contribution is -0.383. The van der Waals surface area contributed by atoms with Crippen LogP contribution in [0.15, 0.2) is 22.7 Å². The first-order valence-electron chi connectivity index (χ1n) is 5.59. The van der Waals surface area contributed by atoms with Crippen LogP contribution in [0.1, 0.15) is 0 Å². The fourth-order valence-corrected chi connectivity index (χ4v) is 1.54. The van der Waals surface area contributed by atoms with Crippen molar-refractivity contribution in [3.63, 3.8) is 0 Å². The minimum absolute atomic E-state index is 0.0891. The van der Waals surface area contributed by atoms with Crippen molar-refractivity contribution in [3.05, 3.63) is 28.3 Å². The van der Waals surface area contributed by atoms with Gasteiger partial charge in [-0.05, 0) is 6.07 Å². The largest absolute Gasteiger partial charge is 0.469 e. The number of hydrogen-bond donors (Lipinski definition) is 4. The zero-order chi connectivity index (χ0) is 16.8. The van der Waals surface area contributed by atoms with Crippen LogP contribution in [0, 0.1) is 10.1 Å². The van der Waals surface area contributed by atoms with Gasteiger partial charge >= 0.3 is 13.5 Å². The molecule has 2 aromatic rings. The first kappa shape index (κ1) is 18.1. The molecular formula is C9H12N3O9P. The molecule has 0 saturated carbocycles. The average molecular weight is 337 g/mol. The Morgan fingerprint density at radius 1 is 1.45 bits per heavy atom. The summed E-state index contributed by atoms with van der Waals surface area (Å²) in [5, 5.41) is 33.8. The van der Waals surface area contributed by atoms with E-state index >= 15 is 0 Å². The molecule has 12 nitrogen and oxygen atoms in total. The minimum atomic E-state index is -4.50. The van der Waals surface area contributed by atoms with E-state index in [0.717, 1.165) is 0 Å². The number of fused-ring (bicyclic) bond motifs is 1. The van der Waals surface area contributed by atoms with E-state index in [2.05, 4.69) is 19.4 Å². The van der Waals surface area contributed by atoms with Gasteiger partial charge in [0.2, 0.25) is 5.52 Å². The molecule has 122 valence electrons. The number of rotatable bonds is 5. The molecule has 1 heterocycles. The number of phosphoric acid groups is 1. The molecule has 0 aliphatic rings. The first-order valence-corrected chi connectivity index (χ1v) is 7.12. The van der Waals surface area contributed by atoms with Crippen molar-refractivity contribution in [3.8, 4) is 0 Å². The second-order valence-corrected chi connectivity index (χ2v) is 5.02. The van der Waals surface area contributed by atoms with Crippen molar-refractivity contribution in [1.82, 2.24) is 10.4 Å². The molecule has 13 heteroatoms. The van der Waals surface area contributed by atoms with Crippen LogP contribution in [0.4, 0.5) is 5.69 Å². The minimum Gasteiger partial charge on any atom is -0.394 e. The van der Waals surface area contributed by atoms with E-state index in [9.17, 15) is 14.7 Å². The van der Waals surface area contributed by atoms with Crippen LogP contribution >= 0.6 is 7.82 Å². The standard InChI is InChI=1S/C6H3N3O3.C3H9O6P/c10-9(11)4-2-1-3-5-6(4)7-8-12-5;4-1-3(5)2-9-10(6,7)8/h1-3H;3-5H,1-2H2,(H2,6,7,8). The number of nitro benzene ring substituents is 1. The third kappa shape index (κ3) is 5.81. The first-order chi connectivity index (χ1) is 10.2. The fourth-order valence-electron chi connectivity index (χ4n) is 1.17. The van der Waals surface area contributed by atoms with Crippen LogP contribution in [0.2, 0.25) is 0 Å². The van der Waals surface area contributed by atoms with Gasteiger partial charge < -0.3 is 24.5 Å². The van der Waals surface area contributed by atoms with Gasteiger partial charge in [-0.15, -0.1) is 5.10 Å². The smallest absolute Gasteiger partial charge is 0.394 e. The number of hydrogen-bond acceptors (Lipinski definition) is 9. The summed E-state index contributed by atoms with van der Waals surface area (Å²) in [6.07, 6.45) is -1.24. The normalized spacial score (nSPS) is 12.5. The molecule has 4 N–H and O–H groups in total. The van der Waals surface area contributed by atoms with Crippen molar-refractivity contribution in [1.29, 1.82) is 0 Å². The van der Waals surface area contributed by atoms with Crippen molar-refractivity contribution >= 4 is 24.6 Å². The van der Waals surface area contributed by atoms with E-state index in [-0.39, 0.29) is 11.2 Å². The lowest BCUT2D eigenvalue weighted by Gasteiger charge is -2.07. The van der Waals surface area contributed by atoms with Crippen LogP contribution in [0.5, 0.6) is 0 Å². The molecule has 1 atom stereocenters. The molecule has 0 spiro atoms. The summed E-state index contributed by atoms with van der Waals surface area (Å²) < 4.78 is 18.4. The van der Waals surface area contributed by atoms with Gasteiger partial charge in [0.1, 0.15) is 6.10 Å². The zero-order valence-electron chi connectivity index (χ0n) is 10.8. The molecule has 0 aliphatic carbocycles. The van der Waals surface area contributed by atoms with E-state index in [1.54, 1.807) is 6.07 Å². The Balaban J connectivity index is 0.000000225. The molecule has 0 fully saturated rings. The highest BCUT2D eigenvalue weighted by atomic mass is 31.2. The number of benzene rings is 1. The molecular weight excluding hydrogens is 325 g/mol. The van der Waals surface area contributed by atoms with Crippen molar-refractivity contribution in [2.75, 3.05) is 13.2 Å². The highest BCUT2D eigenvalue weighted by Crippen LogP contribution is 2.35. The van der Waals surface area contributed by atoms with Gasteiger partial charge in [0.15, 0.2) is 5.58 Å². The predicted molar refractivity (Wildman–Crippen MR) is 69.5 cm³/mol. The van der Waals surface area contributed by atoms with Crippen LogP contribution < -0.4 is 0 Å². The maximum atomic E-state index is 10.4. The summed E-state index contributed by atoms with van der Waals surface area (Å²) in [6.45, 7) is -1.15. The lowest BCUT2D eigenvalue weighted by atomic mass is 10.3. The molecule has 0 bridgehead atoms. The highest BCUT2D eigenvalue weighted by molar-refractivity contribution is 7.46. The Bertz CT molecular complexity index is 669. The van der Waals surface area contributed by atoms with Gasteiger partial charge in [-0.1, -0.05) is 6.07 Å². The molecule has 1 unspecified atom stereocenters. The maximum absolute atomic E-state index is 10.4. The molecule has 0 saturated heterocycles. The van der Waals surface area contributed by atoms with E-state index in [1.807, 2.05) is 0 Å². The summed E-state index contributed by atoms with van der Waals surface area (Å²) in [7, 11) is -4.50. The zero-order valence-corrected chi connectivity index (χ0v) is 11.7. The third-order valence-electron chi connectivity index (χ3n) is 2.10. The summed E-state index contributed by atoms with van der Waals surface area (Å²) in [4.78, 5) is 26.0. The van der Waals surface area contributed by atoms with Crippen molar-refractivity contribution < 1.29 is 38.5 Å². The second-order valence-electron chi connectivity index (χ2n) is 3.78. The van der Waals surface area contributed by atoms with Gasteiger partial charge in [0.25, 0.3) is 0 Å². The Morgan fingerprint density at radius 3 is 2.68 bits per heavy atom. The summed E-state index contributed by atoms with van der Waals surface area (Å²) >= 11 is 0. The van der Waals surface area contributed by atoms with E-state index < -0.39 is 32.1 Å². The van der Waals surface area contributed by atoms with Crippen LogP contribution in [-0.2, 0) is 9.09 Å². The number of aliphatic hydroxyl groups excluding tert-OH is 2. The number of non-ortho nitro benzene ring substituents is 1. The number of nitrogens with zero attached hydrogens (tertiary/aromatic N) is 3. The fraction of sp³-hybridized carbons (Fsp3) is 0.333. The highest BCUT2D eigenvalue weighted by Gasteiger charge is 2.16. The summed E-state index contributed by atoms with van der Waals surface area (Å²) in [5.74, 6) is 0. The van der Waals surface area contributed by atoms with Gasteiger partial charge in [-0.3, -0.25) is 14.6 Å². The number of nitro groups is 1. The van der Waals surface area contributed by atoms with Crippen LogP contribution in [-0.4, -0.2) is 54.6 Å². The Hall–Kier alpha value is -1.95. The Morgan fingerprint density at radius 2 is 2.14 bits per heavy atom. The summed E-state index contributed by atoms with van der Waals surface area (Å²) in [5.41, 5.74) is 0.417. The van der Waals surface area contributed by atoms with Gasteiger partial charge in [-0.25, -0.2) is 4.57 Å². The lowest BCUT2D eigenvalue weighted by Crippen LogP contribution is -2.18. The van der Waals surface area contributed by atoms with Crippen molar-refractivity contribution in [2.45, 2.75) is 6.10 Å². The monoisotopic (exact) mass is 337 g/mol. The SMILES string of the molecule is O=P(O)(O)OCC(O)CO.O=[N+]([O-])c1cccc2onnc12. The molecule has 0 radical (unpaired) electrons. The Labute approximate surface area is 122 Å². The van der Waals surface area contributed by atoms with Gasteiger partial charge in [-0.2, -0.15) is 0 Å². The van der Waals surface area contributed by atoms with Gasteiger partial charge in [0, 0.05) is 11.3 Å². The molecule has 2 rings (SSSR count). The molecule has 22 heavy (non-hydrogen) atoms. The van der Waals surface area contributed by atoms with Crippen molar-refractivity contribution in [2.24, 2.45) is 0 Å². The van der Waals surface area contributed by atoms with Gasteiger partial charge in [0.05, 0.1) is 18.1 Å². The van der Waals surface area contributed by atoms with E-state index in [4.69, 9.17) is 20.0 Å². The number of aromatic nitrogens is 2. The molecule has 1 aromatic heterocycles. The second kappa shape index (κ2) is 7.89. The molecule has 0 amide bonds. The maximum Gasteiger partial charge on any atom is 0.469 e. The Kier molecular flexibility index (Phi) is 6.49. The summed E-state index contributed by atoms with van der Waals surface area (Å²) in [6, 6.07) is 4.45. The topological polar surface area (TPSA) is 189 Å². The predicted octanol–water partition coefficient (Wildman–Crippen LogP) is -0.420. The van der Waals surface area contributed by atoms with E-state index in [1.165, 1.54) is 12.1 Å². The number of phosphoric ester groups is 1. The molecule has 1 aromatic carbocycles. The third-order valence-corrected chi connectivity index (χ3v) is 2.59. The number of aliphatic hydroxyl groups is 2.